The second kappa shape index (κ2) is 8.08. The number of nitrogens with one attached hydrogen (secondary N) is 2. The molecule has 2 atom stereocenters. The Kier molecular flexibility index (Phi) is 5.76. The lowest BCUT2D eigenvalue weighted by Crippen LogP contribution is -2.53. The van der Waals surface area contributed by atoms with Crippen LogP contribution in [0.25, 0.3) is 0 Å². The lowest BCUT2D eigenvalue weighted by atomic mass is 9.99. The van der Waals surface area contributed by atoms with E-state index in [0.29, 0.717) is 17.8 Å². The molecule has 1 aliphatic rings. The Bertz CT molecular complexity index is 949. The number of carboxylic acid groups (broad SMARTS) is 1. The van der Waals surface area contributed by atoms with Crippen LogP contribution in [0.2, 0.25) is 10.0 Å². The summed E-state index contributed by atoms with van der Waals surface area (Å²) in [6, 6.07) is 1.08. The Balaban J connectivity index is 1.84. The Morgan fingerprint density at radius 1 is 1.46 bits per heavy atom. The monoisotopic (exact) mass is 425 g/mol. The maximum Gasteiger partial charge on any atom is 0.407 e. The summed E-state index contributed by atoms with van der Waals surface area (Å²) in [6.07, 6.45) is 0.992. The van der Waals surface area contributed by atoms with Gasteiger partial charge in [0, 0.05) is 25.0 Å². The summed E-state index contributed by atoms with van der Waals surface area (Å²) < 4.78 is 1.49. The van der Waals surface area contributed by atoms with Crippen molar-refractivity contribution in [1.82, 2.24) is 30.2 Å². The van der Waals surface area contributed by atoms with Gasteiger partial charge < -0.3 is 20.3 Å². The van der Waals surface area contributed by atoms with Crippen LogP contribution in [0.4, 0.5) is 4.79 Å². The van der Waals surface area contributed by atoms with Gasteiger partial charge in [-0.15, -0.1) is 5.10 Å². The van der Waals surface area contributed by atoms with Crippen LogP contribution in [0.1, 0.15) is 34.3 Å². The predicted molar refractivity (Wildman–Crippen MR) is 99.4 cm³/mol. The van der Waals surface area contributed by atoms with Crippen molar-refractivity contribution in [3.05, 3.63) is 33.3 Å². The number of likely N-dealkylation sites (tertiary alicyclic amines) is 1. The van der Waals surface area contributed by atoms with Crippen LogP contribution in [0.15, 0.2) is 6.20 Å². The van der Waals surface area contributed by atoms with Crippen LogP contribution < -0.4 is 5.32 Å². The molecular formula is C16H17Cl2N7O3. The first kappa shape index (κ1) is 20.0. The van der Waals surface area contributed by atoms with Gasteiger partial charge in [0.15, 0.2) is 0 Å². The summed E-state index contributed by atoms with van der Waals surface area (Å²) in [6.45, 7) is 2.08. The average Bonchev–Trinajstić information content (AvgIpc) is 3.22. The molecule has 10 nitrogen and oxygen atoms in total. The van der Waals surface area contributed by atoms with Gasteiger partial charge in [-0.2, -0.15) is 5.26 Å². The number of carbonyl (C=O) groups excluding carboxylic acids is 1. The van der Waals surface area contributed by atoms with Gasteiger partial charge in [-0.3, -0.25) is 4.79 Å². The Hall–Kier alpha value is -2.77. The molecule has 1 aliphatic heterocycles. The molecule has 0 spiro atoms. The fourth-order valence-electron chi connectivity index (χ4n) is 3.15. The lowest BCUT2D eigenvalue weighted by Gasteiger charge is -2.37. The van der Waals surface area contributed by atoms with E-state index in [4.69, 9.17) is 28.5 Å². The van der Waals surface area contributed by atoms with Crippen molar-refractivity contribution in [2.45, 2.75) is 31.8 Å². The molecule has 0 aromatic carbocycles. The van der Waals surface area contributed by atoms with E-state index < -0.39 is 24.1 Å². The van der Waals surface area contributed by atoms with Gasteiger partial charge in [-0.1, -0.05) is 28.4 Å². The number of piperidine rings is 1. The highest BCUT2D eigenvalue weighted by atomic mass is 35.5. The van der Waals surface area contributed by atoms with Crippen LogP contribution in [-0.4, -0.2) is 61.1 Å². The van der Waals surface area contributed by atoms with Crippen molar-refractivity contribution in [3.63, 3.8) is 0 Å². The molecule has 0 saturated carbocycles. The minimum atomic E-state index is -1.05. The molecule has 2 aromatic rings. The van der Waals surface area contributed by atoms with Gasteiger partial charge in [-0.25, -0.2) is 9.48 Å². The minimum absolute atomic E-state index is 0.0856. The second-order valence-electron chi connectivity index (χ2n) is 6.44. The zero-order valence-corrected chi connectivity index (χ0v) is 16.3. The molecule has 12 heteroatoms. The summed E-state index contributed by atoms with van der Waals surface area (Å²) in [4.78, 5) is 28.2. The van der Waals surface area contributed by atoms with E-state index >= 15 is 0 Å². The summed E-state index contributed by atoms with van der Waals surface area (Å²) in [5.41, 5.74) is 1.19. The number of carbonyl (C=O) groups is 2. The molecular weight excluding hydrogens is 409 g/mol. The highest BCUT2D eigenvalue weighted by Gasteiger charge is 2.35. The number of amides is 2. The van der Waals surface area contributed by atoms with Gasteiger partial charge in [0.2, 0.25) is 0 Å². The number of aromatic nitrogens is 4. The molecule has 148 valence electrons. The molecule has 28 heavy (non-hydrogen) atoms. The van der Waals surface area contributed by atoms with Crippen molar-refractivity contribution in [2.75, 3.05) is 13.1 Å². The highest BCUT2D eigenvalue weighted by molar-refractivity contribution is 6.44. The van der Waals surface area contributed by atoms with Crippen LogP contribution in [0.3, 0.4) is 0 Å². The van der Waals surface area contributed by atoms with E-state index in [-0.39, 0.29) is 35.2 Å². The number of aromatic amines is 1. The van der Waals surface area contributed by atoms with E-state index in [1.165, 1.54) is 9.58 Å². The molecule has 3 rings (SSSR count). The smallest absolute Gasteiger partial charge is 0.407 e. The molecule has 0 unspecified atom stereocenters. The average molecular weight is 426 g/mol. The molecule has 0 aliphatic carbocycles. The van der Waals surface area contributed by atoms with Crippen molar-refractivity contribution in [3.8, 4) is 6.07 Å². The van der Waals surface area contributed by atoms with Crippen molar-refractivity contribution in [1.29, 1.82) is 5.26 Å². The van der Waals surface area contributed by atoms with E-state index in [1.807, 2.05) is 6.07 Å². The molecule has 3 N–H and O–H groups in total. The number of hydrogen-bond acceptors (Lipinski definition) is 5. The summed E-state index contributed by atoms with van der Waals surface area (Å²) in [7, 11) is 0. The molecule has 3 heterocycles. The SMILES string of the molecule is Cc1[nH]c(C(=O)N[C@@H]2CCN(C(=O)O)C[C@@H]2n2cc(CC#N)nn2)c(Cl)c1Cl. The maximum atomic E-state index is 12.7. The fourth-order valence-corrected chi connectivity index (χ4v) is 3.56. The normalized spacial score (nSPS) is 19.3. The number of H-pyrrole nitrogens is 1. The predicted octanol–water partition coefficient (Wildman–Crippen LogP) is 2.01. The standard InChI is InChI=1S/C16H17Cl2N7O3/c1-8-12(17)13(18)14(20-8)15(26)21-10-3-5-24(16(27)28)7-11(10)25-6-9(2-4-19)22-23-25/h6,10-11,20H,2-3,5,7H2,1H3,(H,21,26)(H,27,28)/t10-,11+/m1/s1. The van der Waals surface area contributed by atoms with Gasteiger partial charge in [0.25, 0.3) is 5.91 Å². The van der Waals surface area contributed by atoms with Crippen LogP contribution in [0, 0.1) is 18.3 Å². The fraction of sp³-hybridized carbons (Fsp3) is 0.438. The third-order valence-corrected chi connectivity index (χ3v) is 5.55. The summed E-state index contributed by atoms with van der Waals surface area (Å²) >= 11 is 12.1. The zero-order valence-electron chi connectivity index (χ0n) is 14.8. The third-order valence-electron chi connectivity index (χ3n) is 4.61. The van der Waals surface area contributed by atoms with Crippen molar-refractivity contribution >= 4 is 35.2 Å². The van der Waals surface area contributed by atoms with Crippen LogP contribution in [-0.2, 0) is 6.42 Å². The number of hydrogen-bond donors (Lipinski definition) is 3. The van der Waals surface area contributed by atoms with Gasteiger partial charge >= 0.3 is 6.09 Å². The molecule has 0 bridgehead atoms. The number of rotatable bonds is 4. The van der Waals surface area contributed by atoms with Gasteiger partial charge in [0.05, 0.1) is 40.3 Å². The maximum absolute atomic E-state index is 12.7. The molecule has 2 amide bonds. The summed E-state index contributed by atoms with van der Waals surface area (Å²) in [5.74, 6) is -0.448. The summed E-state index contributed by atoms with van der Waals surface area (Å²) in [5, 5.41) is 29.3. The highest BCUT2D eigenvalue weighted by Crippen LogP contribution is 2.30. The largest absolute Gasteiger partial charge is 0.465 e. The second-order valence-corrected chi connectivity index (χ2v) is 7.20. The number of aryl methyl sites for hydroxylation is 1. The number of nitriles is 1. The van der Waals surface area contributed by atoms with Crippen LogP contribution in [0.5, 0.6) is 0 Å². The molecule has 1 fully saturated rings. The topological polar surface area (TPSA) is 140 Å². The van der Waals surface area contributed by atoms with E-state index in [0.717, 1.165) is 0 Å². The molecule has 0 radical (unpaired) electrons. The minimum Gasteiger partial charge on any atom is -0.465 e. The van der Waals surface area contributed by atoms with E-state index in [1.54, 1.807) is 13.1 Å². The van der Waals surface area contributed by atoms with Crippen molar-refractivity contribution < 1.29 is 14.7 Å². The number of nitrogens with zero attached hydrogens (tertiary/aromatic N) is 5. The first-order valence-corrected chi connectivity index (χ1v) is 9.17. The van der Waals surface area contributed by atoms with E-state index in [2.05, 4.69) is 20.6 Å². The van der Waals surface area contributed by atoms with E-state index in [9.17, 15) is 14.7 Å². The lowest BCUT2D eigenvalue weighted by molar-refractivity contribution is 0.0829. The zero-order chi connectivity index (χ0) is 20.4. The van der Waals surface area contributed by atoms with Crippen molar-refractivity contribution in [2.24, 2.45) is 0 Å². The molecule has 2 aromatic heterocycles. The van der Waals surface area contributed by atoms with Gasteiger partial charge in [0.1, 0.15) is 5.69 Å². The Morgan fingerprint density at radius 2 is 2.21 bits per heavy atom. The van der Waals surface area contributed by atoms with Gasteiger partial charge in [-0.05, 0) is 13.3 Å². The molecule has 1 saturated heterocycles. The Morgan fingerprint density at radius 3 is 2.82 bits per heavy atom. The quantitative estimate of drug-likeness (QED) is 0.683. The first-order chi connectivity index (χ1) is 13.3. The third kappa shape index (κ3) is 3.90. The first-order valence-electron chi connectivity index (χ1n) is 8.41. The Labute approximate surface area is 170 Å². The number of halogens is 2. The van der Waals surface area contributed by atoms with Crippen LogP contribution >= 0.6 is 23.2 Å².